The van der Waals surface area contributed by atoms with E-state index in [0.29, 0.717) is 22.9 Å². The Morgan fingerprint density at radius 2 is 2.03 bits per heavy atom. The van der Waals surface area contributed by atoms with Gasteiger partial charge in [-0.25, -0.2) is 9.97 Å². The van der Waals surface area contributed by atoms with Gasteiger partial charge in [0.15, 0.2) is 0 Å². The fourth-order valence-corrected chi connectivity index (χ4v) is 3.35. The lowest BCUT2D eigenvalue weighted by Crippen LogP contribution is -2.46. The molecule has 2 aromatic carbocycles. The summed E-state index contributed by atoms with van der Waals surface area (Å²) in [5, 5.41) is 18.6. The molecule has 2 unspecified atom stereocenters. The number of benzene rings is 2. The number of carbonyl (C=O) groups excluding carboxylic acids is 1. The summed E-state index contributed by atoms with van der Waals surface area (Å²) in [6, 6.07) is 12.7. The zero-order valence-electron chi connectivity index (χ0n) is 19.2. The van der Waals surface area contributed by atoms with Crippen LogP contribution in [0.5, 0.6) is 5.75 Å². The SMILES string of the molecule is CNc1cc(Nc2nccc(-c3cccc(C)c3)n2)cc(CNC(=O)C(N)C(C)O)c1OC. The molecule has 3 aromatic rings. The first-order chi connectivity index (χ1) is 15.8. The minimum atomic E-state index is -1.01. The van der Waals surface area contributed by atoms with Crippen LogP contribution in [-0.4, -0.2) is 47.3 Å². The molecule has 0 aliphatic carbocycles. The van der Waals surface area contributed by atoms with Gasteiger partial charge in [-0.3, -0.25) is 4.79 Å². The average Bonchev–Trinajstić information content (AvgIpc) is 2.81. The summed E-state index contributed by atoms with van der Waals surface area (Å²) in [5.74, 6) is 0.571. The number of ether oxygens (including phenoxy) is 1. The van der Waals surface area contributed by atoms with Crippen molar-refractivity contribution in [3.63, 3.8) is 0 Å². The molecule has 1 heterocycles. The Bertz CT molecular complexity index is 1120. The molecular weight excluding hydrogens is 420 g/mol. The highest BCUT2D eigenvalue weighted by atomic mass is 16.5. The van der Waals surface area contributed by atoms with E-state index in [9.17, 15) is 9.90 Å². The average molecular weight is 451 g/mol. The molecular formula is C24H30N6O3. The van der Waals surface area contributed by atoms with Gasteiger partial charge in [-0.1, -0.05) is 23.8 Å². The Hall–Kier alpha value is -3.69. The minimum Gasteiger partial charge on any atom is -0.494 e. The molecule has 0 saturated carbocycles. The van der Waals surface area contributed by atoms with Crippen molar-refractivity contribution < 1.29 is 14.6 Å². The van der Waals surface area contributed by atoms with Crippen LogP contribution in [-0.2, 0) is 11.3 Å². The van der Waals surface area contributed by atoms with E-state index in [-0.39, 0.29) is 6.54 Å². The third-order valence-corrected chi connectivity index (χ3v) is 5.14. The summed E-state index contributed by atoms with van der Waals surface area (Å²) in [6.45, 7) is 3.67. The van der Waals surface area contributed by atoms with E-state index in [0.717, 1.165) is 22.5 Å². The number of nitrogens with zero attached hydrogens (tertiary/aromatic N) is 2. The molecule has 0 radical (unpaired) electrons. The number of amides is 1. The summed E-state index contributed by atoms with van der Waals surface area (Å²) < 4.78 is 5.55. The van der Waals surface area contributed by atoms with E-state index in [1.165, 1.54) is 6.92 Å². The third-order valence-electron chi connectivity index (χ3n) is 5.14. The molecule has 2 atom stereocenters. The first kappa shape index (κ1) is 24.0. The van der Waals surface area contributed by atoms with Gasteiger partial charge in [-0.15, -0.1) is 0 Å². The molecule has 0 aliphatic heterocycles. The second kappa shape index (κ2) is 10.8. The van der Waals surface area contributed by atoms with Gasteiger partial charge in [0.05, 0.1) is 24.6 Å². The van der Waals surface area contributed by atoms with E-state index in [1.807, 2.05) is 43.3 Å². The largest absolute Gasteiger partial charge is 0.494 e. The number of hydrogen-bond acceptors (Lipinski definition) is 8. The molecule has 174 valence electrons. The van der Waals surface area contributed by atoms with Crippen molar-refractivity contribution in [1.29, 1.82) is 0 Å². The van der Waals surface area contributed by atoms with Crippen molar-refractivity contribution in [3.8, 4) is 17.0 Å². The fourth-order valence-electron chi connectivity index (χ4n) is 3.35. The number of aromatic nitrogens is 2. The Balaban J connectivity index is 1.87. The van der Waals surface area contributed by atoms with Crippen LogP contribution >= 0.6 is 0 Å². The van der Waals surface area contributed by atoms with Crippen molar-refractivity contribution in [1.82, 2.24) is 15.3 Å². The Kier molecular flexibility index (Phi) is 7.81. The first-order valence-corrected chi connectivity index (χ1v) is 10.6. The number of nitrogens with two attached hydrogens (primary N) is 1. The van der Waals surface area contributed by atoms with Crippen LogP contribution in [0.3, 0.4) is 0 Å². The van der Waals surface area contributed by atoms with Gasteiger partial charge in [-0.05, 0) is 38.1 Å². The van der Waals surface area contributed by atoms with Crippen LogP contribution in [0.2, 0.25) is 0 Å². The molecule has 1 amide bonds. The van der Waals surface area contributed by atoms with Crippen LogP contribution in [0.1, 0.15) is 18.1 Å². The van der Waals surface area contributed by atoms with Crippen molar-refractivity contribution >= 4 is 23.2 Å². The van der Waals surface area contributed by atoms with Gasteiger partial charge < -0.3 is 31.5 Å². The number of carbonyl (C=O) groups is 1. The molecule has 0 spiro atoms. The van der Waals surface area contributed by atoms with E-state index in [4.69, 9.17) is 10.5 Å². The van der Waals surface area contributed by atoms with Crippen LogP contribution < -0.4 is 26.4 Å². The lowest BCUT2D eigenvalue weighted by Gasteiger charge is -2.18. The molecule has 3 rings (SSSR count). The van der Waals surface area contributed by atoms with Gasteiger partial charge in [0, 0.05) is 36.6 Å². The van der Waals surface area contributed by atoms with Crippen LogP contribution in [0, 0.1) is 6.92 Å². The molecule has 0 fully saturated rings. The lowest BCUT2D eigenvalue weighted by molar-refractivity contribution is -0.124. The zero-order chi connectivity index (χ0) is 24.0. The van der Waals surface area contributed by atoms with E-state index >= 15 is 0 Å². The first-order valence-electron chi connectivity index (χ1n) is 10.6. The van der Waals surface area contributed by atoms with Crippen LogP contribution in [0.15, 0.2) is 48.7 Å². The molecule has 9 nitrogen and oxygen atoms in total. The highest BCUT2D eigenvalue weighted by Crippen LogP contribution is 2.33. The van der Waals surface area contributed by atoms with Gasteiger partial charge in [-0.2, -0.15) is 0 Å². The number of hydrogen-bond donors (Lipinski definition) is 5. The van der Waals surface area contributed by atoms with E-state index < -0.39 is 18.1 Å². The summed E-state index contributed by atoms with van der Waals surface area (Å²) >= 11 is 0. The monoisotopic (exact) mass is 450 g/mol. The maximum absolute atomic E-state index is 12.2. The Morgan fingerprint density at radius 3 is 2.70 bits per heavy atom. The van der Waals surface area contributed by atoms with Gasteiger partial charge in [0.1, 0.15) is 11.8 Å². The number of aliphatic hydroxyl groups is 1. The van der Waals surface area contributed by atoms with E-state index in [2.05, 4.69) is 32.0 Å². The van der Waals surface area contributed by atoms with Crippen LogP contribution in [0.4, 0.5) is 17.3 Å². The predicted molar refractivity (Wildman–Crippen MR) is 130 cm³/mol. The number of anilines is 3. The Morgan fingerprint density at radius 1 is 1.24 bits per heavy atom. The molecule has 6 N–H and O–H groups in total. The van der Waals surface area contributed by atoms with Crippen molar-refractivity contribution in [2.75, 3.05) is 24.8 Å². The maximum atomic E-state index is 12.2. The van der Waals surface area contributed by atoms with Gasteiger partial charge >= 0.3 is 0 Å². The molecule has 9 heteroatoms. The topological polar surface area (TPSA) is 134 Å². The molecule has 0 saturated heterocycles. The fraction of sp³-hybridized carbons (Fsp3) is 0.292. The predicted octanol–water partition coefficient (Wildman–Crippen LogP) is 2.57. The highest BCUT2D eigenvalue weighted by Gasteiger charge is 2.19. The smallest absolute Gasteiger partial charge is 0.239 e. The van der Waals surface area contributed by atoms with Crippen molar-refractivity contribution in [2.45, 2.75) is 32.5 Å². The van der Waals surface area contributed by atoms with Crippen molar-refractivity contribution in [3.05, 3.63) is 59.8 Å². The van der Waals surface area contributed by atoms with Gasteiger partial charge in [0.25, 0.3) is 0 Å². The third kappa shape index (κ3) is 5.97. The maximum Gasteiger partial charge on any atom is 0.239 e. The standard InChI is InChI=1S/C24H30N6O3/c1-14-6-5-7-16(10-14)19-8-9-27-24(30-19)29-18-11-17(22(33-4)20(12-18)26-3)13-28-23(32)21(25)15(2)31/h5-12,15,21,26,31H,13,25H2,1-4H3,(H,28,32)(H,27,29,30). The summed E-state index contributed by atoms with van der Waals surface area (Å²) in [5.41, 5.74) is 10.8. The molecule has 33 heavy (non-hydrogen) atoms. The number of aryl methyl sites for hydroxylation is 1. The number of nitrogens with one attached hydrogen (secondary N) is 3. The van der Waals surface area contributed by atoms with Crippen LogP contribution in [0.25, 0.3) is 11.3 Å². The molecule has 0 bridgehead atoms. The minimum absolute atomic E-state index is 0.164. The quantitative estimate of drug-likeness (QED) is 0.336. The van der Waals surface area contributed by atoms with Gasteiger partial charge in [0.2, 0.25) is 11.9 Å². The zero-order valence-corrected chi connectivity index (χ0v) is 19.2. The normalized spacial score (nSPS) is 12.5. The van der Waals surface area contributed by atoms with Crippen molar-refractivity contribution in [2.24, 2.45) is 5.73 Å². The summed E-state index contributed by atoms with van der Waals surface area (Å²) in [6.07, 6.45) is 0.749. The lowest BCUT2D eigenvalue weighted by atomic mass is 10.1. The summed E-state index contributed by atoms with van der Waals surface area (Å²) in [7, 11) is 3.34. The Labute approximate surface area is 193 Å². The highest BCUT2D eigenvalue weighted by molar-refractivity contribution is 5.82. The summed E-state index contributed by atoms with van der Waals surface area (Å²) in [4.78, 5) is 21.2. The second-order valence-corrected chi connectivity index (χ2v) is 7.71. The number of aliphatic hydroxyl groups excluding tert-OH is 1. The number of rotatable bonds is 9. The number of methoxy groups -OCH3 is 1. The van der Waals surface area contributed by atoms with E-state index in [1.54, 1.807) is 20.4 Å². The second-order valence-electron chi connectivity index (χ2n) is 7.71. The molecule has 1 aromatic heterocycles. The molecule has 0 aliphatic rings.